The summed E-state index contributed by atoms with van der Waals surface area (Å²) in [6.07, 6.45) is 0. The minimum atomic E-state index is -0.301. The van der Waals surface area contributed by atoms with E-state index in [1.54, 1.807) is 26.4 Å². The van der Waals surface area contributed by atoms with Crippen LogP contribution in [0.4, 0.5) is 4.39 Å². The molecule has 0 radical (unpaired) electrons. The van der Waals surface area contributed by atoms with E-state index in [-0.39, 0.29) is 11.7 Å². The fourth-order valence-corrected chi connectivity index (χ4v) is 4.17. The van der Waals surface area contributed by atoms with E-state index < -0.39 is 0 Å². The number of benzene rings is 2. The fourth-order valence-electron chi connectivity index (χ4n) is 2.21. The van der Waals surface area contributed by atoms with Gasteiger partial charge < -0.3 is 14.8 Å². The highest BCUT2D eigenvalue weighted by molar-refractivity contribution is 8.00. The number of methoxy groups -OCH3 is 2. The lowest BCUT2D eigenvalue weighted by molar-refractivity contribution is -0.118. The summed E-state index contributed by atoms with van der Waals surface area (Å²) in [7, 11) is 3.15. The van der Waals surface area contributed by atoms with Crippen LogP contribution in [0.25, 0.3) is 0 Å². The highest BCUT2D eigenvalue weighted by Crippen LogP contribution is 2.31. The second-order valence-corrected chi connectivity index (χ2v) is 7.97. The van der Waals surface area contributed by atoms with Crippen LogP contribution in [0.15, 0.2) is 41.3 Å². The van der Waals surface area contributed by atoms with Gasteiger partial charge in [-0.25, -0.2) is 4.39 Å². The predicted molar refractivity (Wildman–Crippen MR) is 111 cm³/mol. The van der Waals surface area contributed by atoms with E-state index >= 15 is 0 Å². The van der Waals surface area contributed by atoms with Crippen LogP contribution in [0, 0.1) is 5.82 Å². The molecule has 4 nitrogen and oxygen atoms in total. The molecule has 1 amide bonds. The lowest BCUT2D eigenvalue weighted by Gasteiger charge is -2.09. The molecule has 0 saturated heterocycles. The molecule has 8 heteroatoms. The Morgan fingerprint density at radius 1 is 1.19 bits per heavy atom. The summed E-state index contributed by atoms with van der Waals surface area (Å²) < 4.78 is 24.1. The van der Waals surface area contributed by atoms with Crippen molar-refractivity contribution < 1.29 is 18.7 Å². The number of carbonyl (C=O) groups excluding carboxylic acids is 1. The van der Waals surface area contributed by atoms with Crippen molar-refractivity contribution in [2.45, 2.75) is 10.6 Å². The Labute approximate surface area is 172 Å². The molecule has 27 heavy (non-hydrogen) atoms. The zero-order chi connectivity index (χ0) is 19.6. The first-order valence-corrected chi connectivity index (χ1v) is 10.7. The molecule has 2 aromatic rings. The Bertz CT molecular complexity index is 756. The molecule has 0 unspecified atom stereocenters. The predicted octanol–water partition coefficient (Wildman–Crippen LogP) is 4.64. The molecule has 0 heterocycles. The summed E-state index contributed by atoms with van der Waals surface area (Å²) in [6.45, 7) is 0.516. The molecule has 0 fully saturated rings. The van der Waals surface area contributed by atoms with Crippen molar-refractivity contribution in [1.82, 2.24) is 5.32 Å². The van der Waals surface area contributed by atoms with Crippen LogP contribution in [0.5, 0.6) is 11.5 Å². The summed E-state index contributed by atoms with van der Waals surface area (Å²) in [4.78, 5) is 12.9. The Balaban J connectivity index is 1.68. The van der Waals surface area contributed by atoms with Gasteiger partial charge in [0, 0.05) is 33.5 Å². The van der Waals surface area contributed by atoms with Gasteiger partial charge in [0.25, 0.3) is 0 Å². The monoisotopic (exact) mass is 429 g/mol. The van der Waals surface area contributed by atoms with Gasteiger partial charge in [0.05, 0.1) is 20.0 Å². The van der Waals surface area contributed by atoms with Crippen molar-refractivity contribution in [1.29, 1.82) is 0 Å². The standard InChI is InChI=1S/C19H21ClFNO3S2/c1-24-17-7-6-13(10-18(17)25-2)27-12-19(23)22-8-9-26-11-14-15(20)4-3-5-16(14)21/h3-7,10H,8-9,11-12H2,1-2H3,(H,22,23). The maximum Gasteiger partial charge on any atom is 0.230 e. The second kappa shape index (κ2) is 11.3. The summed E-state index contributed by atoms with van der Waals surface area (Å²) in [5.41, 5.74) is 0.500. The van der Waals surface area contributed by atoms with Crippen LogP contribution in [0.1, 0.15) is 5.56 Å². The minimum absolute atomic E-state index is 0.0562. The van der Waals surface area contributed by atoms with E-state index in [0.717, 1.165) is 4.90 Å². The van der Waals surface area contributed by atoms with Crippen molar-refractivity contribution in [3.63, 3.8) is 0 Å². The Morgan fingerprint density at radius 2 is 1.96 bits per heavy atom. The van der Waals surface area contributed by atoms with Gasteiger partial charge in [0.1, 0.15) is 5.82 Å². The fraction of sp³-hybridized carbons (Fsp3) is 0.316. The van der Waals surface area contributed by atoms with Crippen LogP contribution < -0.4 is 14.8 Å². The summed E-state index contributed by atoms with van der Waals surface area (Å²) >= 11 is 8.93. The van der Waals surface area contributed by atoms with Gasteiger partial charge >= 0.3 is 0 Å². The van der Waals surface area contributed by atoms with Gasteiger partial charge in [-0.3, -0.25) is 4.79 Å². The molecule has 0 aliphatic heterocycles. The third kappa shape index (κ3) is 6.83. The van der Waals surface area contributed by atoms with Crippen LogP contribution in [0.3, 0.4) is 0 Å². The first-order valence-electron chi connectivity index (χ1n) is 8.17. The Kier molecular flexibility index (Phi) is 9.10. The molecule has 0 aromatic heterocycles. The molecule has 0 atom stereocenters. The number of nitrogens with one attached hydrogen (secondary N) is 1. The second-order valence-electron chi connectivity index (χ2n) is 5.41. The molecule has 2 rings (SSSR count). The first kappa shape index (κ1) is 21.7. The van der Waals surface area contributed by atoms with E-state index in [0.29, 0.717) is 45.9 Å². The number of ether oxygens (including phenoxy) is 2. The Morgan fingerprint density at radius 3 is 2.67 bits per heavy atom. The number of thioether (sulfide) groups is 2. The molecular weight excluding hydrogens is 409 g/mol. The maximum atomic E-state index is 13.7. The molecule has 0 aliphatic rings. The zero-order valence-electron chi connectivity index (χ0n) is 15.1. The summed E-state index contributed by atoms with van der Waals surface area (Å²) in [6, 6.07) is 10.2. The largest absolute Gasteiger partial charge is 0.493 e. The quantitative estimate of drug-likeness (QED) is 0.440. The molecular formula is C19H21ClFNO3S2. The number of rotatable bonds is 10. The van der Waals surface area contributed by atoms with Crippen molar-refractivity contribution >= 4 is 41.0 Å². The van der Waals surface area contributed by atoms with Crippen LogP contribution in [-0.4, -0.2) is 38.2 Å². The lowest BCUT2D eigenvalue weighted by Crippen LogP contribution is -2.27. The molecule has 0 saturated carbocycles. The molecule has 2 aromatic carbocycles. The van der Waals surface area contributed by atoms with Crippen molar-refractivity contribution in [2.24, 2.45) is 0 Å². The average molecular weight is 430 g/mol. The van der Waals surface area contributed by atoms with Gasteiger partial charge in [-0.15, -0.1) is 11.8 Å². The highest BCUT2D eigenvalue weighted by Gasteiger charge is 2.08. The van der Waals surface area contributed by atoms with E-state index in [1.807, 2.05) is 18.2 Å². The highest BCUT2D eigenvalue weighted by atomic mass is 35.5. The third-order valence-corrected chi connectivity index (χ3v) is 5.94. The van der Waals surface area contributed by atoms with E-state index in [4.69, 9.17) is 21.1 Å². The van der Waals surface area contributed by atoms with E-state index in [2.05, 4.69) is 5.32 Å². The average Bonchev–Trinajstić information content (AvgIpc) is 2.67. The smallest absolute Gasteiger partial charge is 0.230 e. The molecule has 0 aliphatic carbocycles. The number of amides is 1. The van der Waals surface area contributed by atoms with Crippen LogP contribution in [0.2, 0.25) is 5.02 Å². The third-order valence-electron chi connectivity index (χ3n) is 3.60. The Hall–Kier alpha value is -1.57. The number of carbonyl (C=O) groups is 1. The number of hydrogen-bond acceptors (Lipinski definition) is 5. The van der Waals surface area contributed by atoms with Crippen LogP contribution in [-0.2, 0) is 10.5 Å². The van der Waals surface area contributed by atoms with Gasteiger partial charge in [0.2, 0.25) is 5.91 Å². The normalized spacial score (nSPS) is 10.5. The molecule has 0 bridgehead atoms. The molecule has 1 N–H and O–H groups in total. The first-order chi connectivity index (χ1) is 13.0. The molecule has 0 spiro atoms. The summed E-state index contributed by atoms with van der Waals surface area (Å²) in [5, 5.41) is 3.28. The van der Waals surface area contributed by atoms with Gasteiger partial charge in [0.15, 0.2) is 11.5 Å². The van der Waals surface area contributed by atoms with Crippen molar-refractivity contribution in [2.75, 3.05) is 32.3 Å². The molecule has 146 valence electrons. The summed E-state index contributed by atoms with van der Waals surface area (Å²) in [5.74, 6) is 2.38. The van der Waals surface area contributed by atoms with Crippen LogP contribution >= 0.6 is 35.1 Å². The SMILES string of the molecule is COc1ccc(SCC(=O)NCCSCc2c(F)cccc2Cl)cc1OC. The maximum absolute atomic E-state index is 13.7. The van der Waals surface area contributed by atoms with Crippen molar-refractivity contribution in [3.8, 4) is 11.5 Å². The number of hydrogen-bond donors (Lipinski definition) is 1. The minimum Gasteiger partial charge on any atom is -0.493 e. The van der Waals surface area contributed by atoms with Crippen molar-refractivity contribution in [3.05, 3.63) is 52.8 Å². The van der Waals surface area contributed by atoms with Gasteiger partial charge in [-0.1, -0.05) is 17.7 Å². The van der Waals surface area contributed by atoms with E-state index in [1.165, 1.54) is 29.6 Å². The van der Waals surface area contributed by atoms with Gasteiger partial charge in [-0.05, 0) is 30.3 Å². The number of halogens is 2. The zero-order valence-corrected chi connectivity index (χ0v) is 17.5. The van der Waals surface area contributed by atoms with Gasteiger partial charge in [-0.2, -0.15) is 11.8 Å². The topological polar surface area (TPSA) is 47.6 Å². The van der Waals surface area contributed by atoms with E-state index in [9.17, 15) is 9.18 Å². The lowest BCUT2D eigenvalue weighted by atomic mass is 10.2.